The topological polar surface area (TPSA) is 20.2 Å². The normalized spacial score (nSPS) is 12.9. The van der Waals surface area contributed by atoms with Gasteiger partial charge in [-0.2, -0.15) is 0 Å². The summed E-state index contributed by atoms with van der Waals surface area (Å²) in [7, 11) is 0. The van der Waals surface area contributed by atoms with E-state index < -0.39 is 0 Å². The maximum absolute atomic E-state index is 9.69. The van der Waals surface area contributed by atoms with Gasteiger partial charge in [0.15, 0.2) is 0 Å². The molecule has 0 amide bonds. The van der Waals surface area contributed by atoms with Crippen LogP contribution in [0.3, 0.4) is 0 Å². The van der Waals surface area contributed by atoms with Crippen LogP contribution in [-0.4, -0.2) is 5.11 Å². The molecule has 0 radical (unpaired) electrons. The first-order valence-electron chi connectivity index (χ1n) is 6.03. The summed E-state index contributed by atoms with van der Waals surface area (Å²) in [5.41, 5.74) is 0.00397. The third-order valence-electron chi connectivity index (χ3n) is 2.63. The Labute approximate surface area is 94.9 Å². The number of rotatable bonds is 8. The first-order valence-corrected chi connectivity index (χ1v) is 6.03. The van der Waals surface area contributed by atoms with Crippen LogP contribution >= 0.6 is 0 Å². The summed E-state index contributed by atoms with van der Waals surface area (Å²) in [5.74, 6) is 0.511. The van der Waals surface area contributed by atoms with Crippen molar-refractivity contribution < 1.29 is 5.11 Å². The molecule has 0 aliphatic carbocycles. The molecule has 0 rings (SSSR count). The summed E-state index contributed by atoms with van der Waals surface area (Å²) < 4.78 is 0. The molecule has 1 nitrogen and oxygen atoms in total. The van der Waals surface area contributed by atoms with Gasteiger partial charge >= 0.3 is 0 Å². The van der Waals surface area contributed by atoms with Gasteiger partial charge in [-0.05, 0) is 24.3 Å². The third kappa shape index (κ3) is 8.29. The van der Waals surface area contributed by atoms with Crippen molar-refractivity contribution in [1.29, 1.82) is 0 Å². The van der Waals surface area contributed by atoms with E-state index in [4.69, 9.17) is 0 Å². The Hall–Kier alpha value is -0.720. The first-order chi connectivity index (χ1) is 7.02. The number of aliphatic hydroxyl groups is 1. The lowest BCUT2D eigenvalue weighted by atomic mass is 9.88. The van der Waals surface area contributed by atoms with E-state index in [9.17, 15) is 5.11 Å². The highest BCUT2D eigenvalue weighted by Crippen LogP contribution is 2.25. The molecule has 0 bridgehead atoms. The van der Waals surface area contributed by atoms with Crippen molar-refractivity contribution in [3.8, 4) is 0 Å². The van der Waals surface area contributed by atoms with Crippen LogP contribution in [0, 0.1) is 5.41 Å². The minimum absolute atomic E-state index is 0.00397. The van der Waals surface area contributed by atoms with E-state index in [1.165, 1.54) is 25.7 Å². The summed E-state index contributed by atoms with van der Waals surface area (Å²) in [6, 6.07) is 0. The Morgan fingerprint density at radius 1 is 1.27 bits per heavy atom. The van der Waals surface area contributed by atoms with Crippen LogP contribution in [0.25, 0.3) is 0 Å². The number of hydrogen-bond acceptors (Lipinski definition) is 1. The maximum atomic E-state index is 9.69. The van der Waals surface area contributed by atoms with Gasteiger partial charge in [0.1, 0.15) is 0 Å². The Bertz CT molecular complexity index is 201. The quantitative estimate of drug-likeness (QED) is 0.339. The van der Waals surface area contributed by atoms with Crippen LogP contribution in [0.2, 0.25) is 0 Å². The van der Waals surface area contributed by atoms with Crippen molar-refractivity contribution in [3.05, 3.63) is 24.5 Å². The van der Waals surface area contributed by atoms with Gasteiger partial charge in [-0.3, -0.25) is 0 Å². The molecule has 0 aromatic rings. The molecule has 88 valence electrons. The smallest absolute Gasteiger partial charge is 0.0891 e. The van der Waals surface area contributed by atoms with Gasteiger partial charge in [0.05, 0.1) is 5.76 Å². The maximum Gasteiger partial charge on any atom is 0.0891 e. The molecule has 0 aromatic carbocycles. The van der Waals surface area contributed by atoms with Gasteiger partial charge in [0.25, 0.3) is 0 Å². The zero-order valence-corrected chi connectivity index (χ0v) is 10.6. The fraction of sp³-hybridized carbons (Fsp3) is 0.714. The summed E-state index contributed by atoms with van der Waals surface area (Å²) in [5, 5.41) is 9.69. The number of allylic oxidation sites excluding steroid dienone is 3. The molecule has 0 fully saturated rings. The highest BCUT2D eigenvalue weighted by atomic mass is 16.3. The van der Waals surface area contributed by atoms with Gasteiger partial charge in [-0.15, -0.1) is 6.58 Å². The van der Waals surface area contributed by atoms with Crippen molar-refractivity contribution in [3.63, 3.8) is 0 Å². The average Bonchev–Trinajstić information content (AvgIpc) is 2.17. The van der Waals surface area contributed by atoms with Crippen LogP contribution in [0.1, 0.15) is 59.3 Å². The molecular formula is C14H26O. The SMILES string of the molecule is C=CC(C)(C)CC(O)=CCCCCCC. The lowest BCUT2D eigenvalue weighted by molar-refractivity contribution is 0.326. The molecule has 0 saturated carbocycles. The lowest BCUT2D eigenvalue weighted by Crippen LogP contribution is -2.07. The van der Waals surface area contributed by atoms with Crippen LogP contribution in [0.15, 0.2) is 24.5 Å². The third-order valence-corrected chi connectivity index (χ3v) is 2.63. The highest BCUT2D eigenvalue weighted by molar-refractivity contribution is 5.00. The van der Waals surface area contributed by atoms with Gasteiger partial charge in [0, 0.05) is 6.42 Å². The zero-order chi connectivity index (χ0) is 11.7. The highest BCUT2D eigenvalue weighted by Gasteiger charge is 2.14. The van der Waals surface area contributed by atoms with E-state index in [1.54, 1.807) is 0 Å². The Balaban J connectivity index is 3.74. The van der Waals surface area contributed by atoms with E-state index in [0.29, 0.717) is 12.2 Å². The molecule has 0 heterocycles. The predicted octanol–water partition coefficient (Wildman–Crippen LogP) is 5.00. The van der Waals surface area contributed by atoms with Gasteiger partial charge in [0.2, 0.25) is 0 Å². The number of unbranched alkanes of at least 4 members (excludes halogenated alkanes) is 4. The Morgan fingerprint density at radius 3 is 2.47 bits per heavy atom. The molecule has 0 spiro atoms. The van der Waals surface area contributed by atoms with E-state index in [-0.39, 0.29) is 5.41 Å². The molecule has 0 aliphatic heterocycles. The van der Waals surface area contributed by atoms with E-state index in [0.717, 1.165) is 6.42 Å². The molecule has 1 N–H and O–H groups in total. The predicted molar refractivity (Wildman–Crippen MR) is 68.1 cm³/mol. The second-order valence-electron chi connectivity index (χ2n) is 4.91. The van der Waals surface area contributed by atoms with Gasteiger partial charge in [-0.1, -0.05) is 46.1 Å². The van der Waals surface area contributed by atoms with Crippen molar-refractivity contribution in [2.75, 3.05) is 0 Å². The largest absolute Gasteiger partial charge is 0.513 e. The molecule has 0 saturated heterocycles. The molecule has 15 heavy (non-hydrogen) atoms. The summed E-state index contributed by atoms with van der Waals surface area (Å²) in [6.07, 6.45) is 10.6. The van der Waals surface area contributed by atoms with Crippen molar-refractivity contribution in [2.45, 2.75) is 59.3 Å². The van der Waals surface area contributed by atoms with E-state index >= 15 is 0 Å². The molecule has 0 aromatic heterocycles. The van der Waals surface area contributed by atoms with Crippen LogP contribution in [-0.2, 0) is 0 Å². The second kappa shape index (κ2) is 7.56. The molecule has 0 aliphatic rings. The van der Waals surface area contributed by atoms with E-state index in [1.807, 2.05) is 12.2 Å². The minimum atomic E-state index is 0.00397. The van der Waals surface area contributed by atoms with Crippen LogP contribution < -0.4 is 0 Å². The Kier molecular flexibility index (Phi) is 7.19. The lowest BCUT2D eigenvalue weighted by Gasteiger charge is -2.18. The average molecular weight is 210 g/mol. The van der Waals surface area contributed by atoms with Crippen LogP contribution in [0.4, 0.5) is 0 Å². The number of hydrogen-bond donors (Lipinski definition) is 1. The fourth-order valence-corrected chi connectivity index (χ4v) is 1.45. The van der Waals surface area contributed by atoms with Crippen LogP contribution in [0.5, 0.6) is 0 Å². The fourth-order valence-electron chi connectivity index (χ4n) is 1.45. The van der Waals surface area contributed by atoms with Gasteiger partial charge in [-0.25, -0.2) is 0 Å². The molecule has 1 heteroatoms. The summed E-state index contributed by atoms with van der Waals surface area (Å²) in [4.78, 5) is 0. The standard InChI is InChI=1S/C14H26O/c1-5-7-8-9-10-11-13(15)12-14(3,4)6-2/h6,11,15H,2,5,7-10,12H2,1,3-4H3. The monoisotopic (exact) mass is 210 g/mol. The Morgan fingerprint density at radius 2 is 1.93 bits per heavy atom. The van der Waals surface area contributed by atoms with Crippen molar-refractivity contribution in [2.24, 2.45) is 5.41 Å². The first kappa shape index (κ1) is 14.3. The second-order valence-corrected chi connectivity index (χ2v) is 4.91. The number of aliphatic hydroxyl groups excluding tert-OH is 1. The zero-order valence-electron chi connectivity index (χ0n) is 10.6. The molecule has 0 unspecified atom stereocenters. The molecule has 0 atom stereocenters. The summed E-state index contributed by atoms with van der Waals surface area (Å²) >= 11 is 0. The minimum Gasteiger partial charge on any atom is -0.513 e. The van der Waals surface area contributed by atoms with Gasteiger partial charge < -0.3 is 5.11 Å². The molecular weight excluding hydrogens is 184 g/mol. The summed E-state index contributed by atoms with van der Waals surface area (Å²) in [6.45, 7) is 10.1. The van der Waals surface area contributed by atoms with Crippen molar-refractivity contribution >= 4 is 0 Å². The van der Waals surface area contributed by atoms with Crippen molar-refractivity contribution in [1.82, 2.24) is 0 Å². The van der Waals surface area contributed by atoms with E-state index in [2.05, 4.69) is 27.4 Å².